The Hall–Kier alpha value is -3.02. The summed E-state index contributed by atoms with van der Waals surface area (Å²) in [6.45, 7) is 1.45. The number of carboxylic acid groups (broad SMARTS) is 1. The first kappa shape index (κ1) is 19.3. The molecule has 0 bridgehead atoms. The van der Waals surface area contributed by atoms with Crippen LogP contribution in [0.25, 0.3) is 16.6 Å². The van der Waals surface area contributed by atoms with Crippen LogP contribution in [0, 0.1) is 12.7 Å². The van der Waals surface area contributed by atoms with E-state index in [1.807, 2.05) is 18.2 Å². The number of carboxylic acids is 1. The molecule has 7 heteroatoms. The molecule has 0 spiro atoms. The summed E-state index contributed by atoms with van der Waals surface area (Å²) in [5.41, 5.74) is 1.51. The van der Waals surface area contributed by atoms with Crippen LogP contribution in [0.1, 0.15) is 15.9 Å². The molecule has 4 nitrogen and oxygen atoms in total. The van der Waals surface area contributed by atoms with E-state index in [9.17, 15) is 9.90 Å². The molecular formula is C22H14Cl2FNO3. The molecule has 1 N–H and O–H groups in total. The first-order valence-corrected chi connectivity index (χ1v) is 9.38. The van der Waals surface area contributed by atoms with Crippen LogP contribution >= 0.6 is 23.2 Å². The number of fused-ring (bicyclic) bond motifs is 1. The summed E-state index contributed by atoms with van der Waals surface area (Å²) >= 11 is 12.4. The van der Waals surface area contributed by atoms with E-state index in [4.69, 9.17) is 27.9 Å². The van der Waals surface area contributed by atoms with E-state index in [0.29, 0.717) is 32.8 Å². The fourth-order valence-electron chi connectivity index (χ4n) is 3.23. The molecule has 4 aromatic rings. The molecule has 0 aliphatic rings. The van der Waals surface area contributed by atoms with E-state index in [2.05, 4.69) is 0 Å². The Labute approximate surface area is 175 Å². The van der Waals surface area contributed by atoms with Gasteiger partial charge in [0.1, 0.15) is 5.82 Å². The molecule has 0 aliphatic carbocycles. The quantitative estimate of drug-likeness (QED) is 0.385. The van der Waals surface area contributed by atoms with Crippen molar-refractivity contribution in [1.82, 2.24) is 4.40 Å². The van der Waals surface area contributed by atoms with Gasteiger partial charge < -0.3 is 9.84 Å². The van der Waals surface area contributed by atoms with E-state index in [-0.39, 0.29) is 16.7 Å². The van der Waals surface area contributed by atoms with Crippen LogP contribution in [0.2, 0.25) is 10.0 Å². The van der Waals surface area contributed by atoms with Gasteiger partial charge in [0.2, 0.25) is 5.88 Å². The predicted molar refractivity (Wildman–Crippen MR) is 111 cm³/mol. The first-order valence-electron chi connectivity index (χ1n) is 8.63. The zero-order chi connectivity index (χ0) is 20.7. The van der Waals surface area contributed by atoms with Crippen LogP contribution in [-0.2, 0) is 0 Å². The number of rotatable bonds is 4. The van der Waals surface area contributed by atoms with Crippen molar-refractivity contribution >= 4 is 34.7 Å². The van der Waals surface area contributed by atoms with Gasteiger partial charge in [-0.3, -0.25) is 4.40 Å². The number of hydrogen-bond acceptors (Lipinski definition) is 2. The van der Waals surface area contributed by atoms with Crippen LogP contribution in [-0.4, -0.2) is 15.5 Å². The Morgan fingerprint density at radius 2 is 1.76 bits per heavy atom. The fourth-order valence-corrected chi connectivity index (χ4v) is 3.70. The molecule has 29 heavy (non-hydrogen) atoms. The molecule has 0 atom stereocenters. The molecule has 146 valence electrons. The number of carbonyl (C=O) groups is 1. The number of hydrogen-bond donors (Lipinski definition) is 1. The van der Waals surface area contributed by atoms with Crippen LogP contribution in [0.5, 0.6) is 11.6 Å². The predicted octanol–water partition coefficient (Wildman–Crippen LogP) is 6.85. The maximum Gasteiger partial charge on any atom is 0.336 e. The average molecular weight is 430 g/mol. The summed E-state index contributed by atoms with van der Waals surface area (Å²) in [7, 11) is 0. The Balaban J connectivity index is 1.90. The lowest BCUT2D eigenvalue weighted by Crippen LogP contribution is -2.02. The number of ether oxygens (including phenoxy) is 1. The lowest BCUT2D eigenvalue weighted by atomic mass is 9.99. The highest BCUT2D eigenvalue weighted by Crippen LogP contribution is 2.40. The van der Waals surface area contributed by atoms with Crippen molar-refractivity contribution in [2.75, 3.05) is 0 Å². The van der Waals surface area contributed by atoms with E-state index < -0.39 is 11.8 Å². The van der Waals surface area contributed by atoms with Crippen LogP contribution in [0.15, 0.2) is 60.8 Å². The summed E-state index contributed by atoms with van der Waals surface area (Å²) in [6.07, 6.45) is 1.77. The maximum atomic E-state index is 15.0. The second-order valence-electron chi connectivity index (χ2n) is 6.41. The third-order valence-electron chi connectivity index (χ3n) is 4.67. The van der Waals surface area contributed by atoms with Gasteiger partial charge in [-0.1, -0.05) is 41.4 Å². The zero-order valence-corrected chi connectivity index (χ0v) is 16.6. The highest BCUT2D eigenvalue weighted by Gasteiger charge is 2.20. The smallest absolute Gasteiger partial charge is 0.336 e. The monoisotopic (exact) mass is 429 g/mol. The molecule has 2 aromatic carbocycles. The summed E-state index contributed by atoms with van der Waals surface area (Å²) in [5.74, 6) is -1.08. The summed E-state index contributed by atoms with van der Waals surface area (Å²) in [6, 6.07) is 15.0. The molecule has 4 rings (SSSR count). The highest BCUT2D eigenvalue weighted by molar-refractivity contribution is 6.37. The SMILES string of the molecule is Cc1c(C(=O)O)ccc(-c2cc(Oc3c(Cl)cccc3Cl)n3ccccc23)c1F. The van der Waals surface area contributed by atoms with Gasteiger partial charge in [0, 0.05) is 23.4 Å². The van der Waals surface area contributed by atoms with Crippen molar-refractivity contribution < 1.29 is 19.0 Å². The number of para-hydroxylation sites is 1. The minimum absolute atomic E-state index is 0.0712. The van der Waals surface area contributed by atoms with Gasteiger partial charge in [0.15, 0.2) is 5.75 Å². The highest BCUT2D eigenvalue weighted by atomic mass is 35.5. The van der Waals surface area contributed by atoms with Gasteiger partial charge in [0.05, 0.1) is 21.1 Å². The molecule has 2 heterocycles. The second-order valence-corrected chi connectivity index (χ2v) is 7.22. The Kier molecular flexibility index (Phi) is 4.94. The lowest BCUT2D eigenvalue weighted by molar-refractivity contribution is 0.0695. The topological polar surface area (TPSA) is 50.9 Å². The molecule has 0 unspecified atom stereocenters. The van der Waals surface area contributed by atoms with Crippen LogP contribution in [0.4, 0.5) is 4.39 Å². The van der Waals surface area contributed by atoms with Gasteiger partial charge in [0.25, 0.3) is 0 Å². The van der Waals surface area contributed by atoms with E-state index >= 15 is 4.39 Å². The van der Waals surface area contributed by atoms with Crippen molar-refractivity contribution in [2.45, 2.75) is 6.92 Å². The molecule has 0 fully saturated rings. The van der Waals surface area contributed by atoms with E-state index in [1.165, 1.54) is 19.1 Å². The third kappa shape index (κ3) is 3.33. The maximum absolute atomic E-state index is 15.0. The van der Waals surface area contributed by atoms with Crippen molar-refractivity contribution in [3.05, 3.63) is 87.8 Å². The molecule has 2 aromatic heterocycles. The molecule has 0 aliphatic heterocycles. The summed E-state index contributed by atoms with van der Waals surface area (Å²) in [5, 5.41) is 9.92. The second kappa shape index (κ2) is 7.43. The number of benzene rings is 2. The van der Waals surface area contributed by atoms with Gasteiger partial charge in [-0.15, -0.1) is 0 Å². The zero-order valence-electron chi connectivity index (χ0n) is 15.1. The minimum atomic E-state index is -1.17. The molecular weight excluding hydrogens is 416 g/mol. The van der Waals surface area contributed by atoms with Gasteiger partial charge in [-0.2, -0.15) is 0 Å². The number of halogens is 3. The largest absolute Gasteiger partial charge is 0.478 e. The van der Waals surface area contributed by atoms with Gasteiger partial charge in [-0.05, 0) is 42.8 Å². The first-order chi connectivity index (χ1) is 13.9. The molecule has 0 radical (unpaired) electrons. The van der Waals surface area contributed by atoms with Crippen LogP contribution in [0.3, 0.4) is 0 Å². The third-order valence-corrected chi connectivity index (χ3v) is 5.27. The van der Waals surface area contributed by atoms with E-state index in [1.54, 1.807) is 34.9 Å². The fraction of sp³-hybridized carbons (Fsp3) is 0.0455. The van der Waals surface area contributed by atoms with Crippen molar-refractivity contribution in [2.24, 2.45) is 0 Å². The van der Waals surface area contributed by atoms with Crippen LogP contribution < -0.4 is 4.74 Å². The Morgan fingerprint density at radius 3 is 2.45 bits per heavy atom. The summed E-state index contributed by atoms with van der Waals surface area (Å²) in [4.78, 5) is 11.3. The number of nitrogens with zero attached hydrogens (tertiary/aromatic N) is 1. The molecule has 0 saturated carbocycles. The number of aromatic nitrogens is 1. The van der Waals surface area contributed by atoms with Crippen molar-refractivity contribution in [3.63, 3.8) is 0 Å². The van der Waals surface area contributed by atoms with Gasteiger partial charge in [-0.25, -0.2) is 9.18 Å². The normalized spacial score (nSPS) is 11.0. The van der Waals surface area contributed by atoms with Gasteiger partial charge >= 0.3 is 5.97 Å². The number of aromatic carboxylic acids is 1. The molecule has 0 saturated heterocycles. The number of pyridine rings is 1. The Bertz CT molecular complexity index is 1250. The van der Waals surface area contributed by atoms with Crippen molar-refractivity contribution in [1.29, 1.82) is 0 Å². The lowest BCUT2D eigenvalue weighted by Gasteiger charge is -2.09. The minimum Gasteiger partial charge on any atom is -0.478 e. The average Bonchev–Trinajstić information content (AvgIpc) is 3.05. The summed E-state index contributed by atoms with van der Waals surface area (Å²) < 4.78 is 22.8. The standard InChI is InChI=1S/C22H14Cl2FNO3/c1-12-13(22(27)28)8-9-14(20(12)25)15-11-19(26-10-3-2-7-18(15)26)29-21-16(23)5-4-6-17(21)24/h2-11H,1H3,(H,27,28). The molecule has 0 amide bonds. The van der Waals surface area contributed by atoms with E-state index in [0.717, 1.165) is 0 Å². The Morgan fingerprint density at radius 1 is 1.03 bits per heavy atom. The van der Waals surface area contributed by atoms with Crippen molar-refractivity contribution in [3.8, 4) is 22.8 Å².